The van der Waals surface area contributed by atoms with Crippen molar-refractivity contribution in [3.05, 3.63) is 45.1 Å². The molecule has 186 valence electrons. The van der Waals surface area contributed by atoms with Crippen LogP contribution in [0.3, 0.4) is 0 Å². The molecule has 2 aliphatic rings. The average Bonchev–Trinajstić information content (AvgIpc) is 3.30. The monoisotopic (exact) mass is 509 g/mol. The number of anilines is 2. The lowest BCUT2D eigenvalue weighted by molar-refractivity contribution is -0.138. The first-order valence-electron chi connectivity index (χ1n) is 10.6. The van der Waals surface area contributed by atoms with Gasteiger partial charge >= 0.3 is 12.2 Å². The lowest BCUT2D eigenvalue weighted by Crippen LogP contribution is -2.52. The molecule has 0 spiro atoms. The number of halogens is 3. The second-order valence-electron chi connectivity index (χ2n) is 8.44. The number of hydrogen-bond donors (Lipinski definition) is 3. The summed E-state index contributed by atoms with van der Waals surface area (Å²) in [6, 6.07) is 3.63. The summed E-state index contributed by atoms with van der Waals surface area (Å²) in [6.45, 7) is 0.287. The molecule has 9 nitrogen and oxygen atoms in total. The first kappa shape index (κ1) is 24.5. The van der Waals surface area contributed by atoms with E-state index in [4.69, 9.17) is 0 Å². The Morgan fingerprint density at radius 2 is 1.94 bits per heavy atom. The molecular formula is C22H22F3N5O4S. The van der Waals surface area contributed by atoms with E-state index in [2.05, 4.69) is 16.0 Å². The number of thiophene rings is 1. The lowest BCUT2D eigenvalue weighted by Gasteiger charge is -2.29. The van der Waals surface area contributed by atoms with Crippen molar-refractivity contribution in [2.24, 2.45) is 0 Å². The Morgan fingerprint density at radius 3 is 2.57 bits per heavy atom. The number of carbonyl (C=O) groups excluding carboxylic acids is 4. The van der Waals surface area contributed by atoms with Gasteiger partial charge in [-0.2, -0.15) is 13.2 Å². The van der Waals surface area contributed by atoms with E-state index in [0.717, 1.165) is 17.7 Å². The van der Waals surface area contributed by atoms with Crippen molar-refractivity contribution >= 4 is 46.5 Å². The van der Waals surface area contributed by atoms with Crippen molar-refractivity contribution in [3.8, 4) is 0 Å². The second kappa shape index (κ2) is 9.21. The number of amides is 5. The van der Waals surface area contributed by atoms with Crippen molar-refractivity contribution in [1.82, 2.24) is 15.5 Å². The van der Waals surface area contributed by atoms with Crippen LogP contribution in [0.25, 0.3) is 0 Å². The minimum absolute atomic E-state index is 0.00948. The van der Waals surface area contributed by atoms with Gasteiger partial charge in [-0.25, -0.2) is 4.79 Å². The van der Waals surface area contributed by atoms with Crippen molar-refractivity contribution in [2.75, 3.05) is 24.3 Å². The number of fused-ring (bicyclic) bond motifs is 1. The van der Waals surface area contributed by atoms with Crippen LogP contribution in [-0.4, -0.2) is 48.8 Å². The summed E-state index contributed by atoms with van der Waals surface area (Å²) >= 11 is 1.17. The van der Waals surface area contributed by atoms with E-state index in [9.17, 15) is 32.3 Å². The number of nitrogens with one attached hydrogen (secondary N) is 3. The molecule has 2 aliphatic heterocycles. The summed E-state index contributed by atoms with van der Waals surface area (Å²) in [5.41, 5.74) is 0.108. The van der Waals surface area contributed by atoms with Crippen LogP contribution in [0, 0.1) is 0 Å². The number of carbonyl (C=O) groups is 4. The Labute approximate surface area is 202 Å². The molecule has 5 amide bonds. The molecule has 1 aromatic carbocycles. The van der Waals surface area contributed by atoms with E-state index >= 15 is 0 Å². The Balaban J connectivity index is 1.38. The van der Waals surface area contributed by atoms with Gasteiger partial charge in [0.15, 0.2) is 0 Å². The molecule has 0 bridgehead atoms. The molecule has 3 N–H and O–H groups in total. The Morgan fingerprint density at radius 1 is 1.20 bits per heavy atom. The van der Waals surface area contributed by atoms with Crippen LogP contribution in [0.5, 0.6) is 0 Å². The number of urea groups is 1. The number of imide groups is 1. The topological polar surface area (TPSA) is 111 Å². The van der Waals surface area contributed by atoms with Gasteiger partial charge in [0.05, 0.1) is 17.0 Å². The van der Waals surface area contributed by atoms with Crippen LogP contribution < -0.4 is 20.9 Å². The lowest BCUT2D eigenvalue weighted by atomic mass is 10.0. The standard InChI is InChI=1S/C22H22F3N5O4S/c1-29(2)14-7-12(22(23,24)25)6-13(8-14)27-21(34)26-9-15-5-11-10-30(20(33)18(11)35-15)16-3-4-17(31)28-19(16)32/h5-8,16H,3-4,9-10H2,1-2H3,(H2,26,27,34)(H,28,31,32). The molecule has 1 aromatic heterocycles. The van der Waals surface area contributed by atoms with E-state index in [1.807, 2.05) is 0 Å². The van der Waals surface area contributed by atoms with Gasteiger partial charge in [-0.15, -0.1) is 11.3 Å². The van der Waals surface area contributed by atoms with Crippen LogP contribution in [0.1, 0.15) is 38.5 Å². The maximum absolute atomic E-state index is 13.2. The van der Waals surface area contributed by atoms with Gasteiger partial charge in [0.25, 0.3) is 5.91 Å². The van der Waals surface area contributed by atoms with Gasteiger partial charge in [-0.3, -0.25) is 19.7 Å². The number of piperidine rings is 1. The smallest absolute Gasteiger partial charge is 0.378 e. The molecule has 1 unspecified atom stereocenters. The highest BCUT2D eigenvalue weighted by Crippen LogP contribution is 2.35. The third-order valence-electron chi connectivity index (χ3n) is 5.68. The van der Waals surface area contributed by atoms with Gasteiger partial charge in [0.2, 0.25) is 11.8 Å². The van der Waals surface area contributed by atoms with Crippen molar-refractivity contribution in [1.29, 1.82) is 0 Å². The zero-order chi connectivity index (χ0) is 25.5. The second-order valence-corrected chi connectivity index (χ2v) is 9.57. The number of benzene rings is 1. The highest BCUT2D eigenvalue weighted by Gasteiger charge is 2.40. The maximum Gasteiger partial charge on any atom is 0.416 e. The Bertz CT molecular complexity index is 1210. The summed E-state index contributed by atoms with van der Waals surface area (Å²) in [5.74, 6) is -1.16. The average molecular weight is 510 g/mol. The molecule has 0 saturated carbocycles. The van der Waals surface area contributed by atoms with Gasteiger partial charge in [0.1, 0.15) is 6.04 Å². The van der Waals surface area contributed by atoms with Crippen LogP contribution in [0.2, 0.25) is 0 Å². The third-order valence-corrected chi connectivity index (χ3v) is 6.85. The Hall–Kier alpha value is -3.61. The van der Waals surface area contributed by atoms with Gasteiger partial charge < -0.3 is 20.4 Å². The zero-order valence-corrected chi connectivity index (χ0v) is 19.6. The molecule has 4 rings (SSSR count). The first-order valence-corrected chi connectivity index (χ1v) is 11.4. The van der Waals surface area contributed by atoms with Crippen LogP contribution >= 0.6 is 11.3 Å². The predicted octanol–water partition coefficient (Wildman–Crippen LogP) is 2.92. The van der Waals surface area contributed by atoms with Crippen LogP contribution in [0.4, 0.5) is 29.3 Å². The summed E-state index contributed by atoms with van der Waals surface area (Å²) < 4.78 is 39.6. The molecule has 0 aliphatic carbocycles. The molecule has 2 aromatic rings. The third kappa shape index (κ3) is 5.24. The fraction of sp³-hybridized carbons (Fsp3) is 0.364. The SMILES string of the molecule is CN(C)c1cc(NC(=O)NCc2cc3c(s2)C(=O)N(C2CCC(=O)NC2=O)C3)cc(C(F)(F)F)c1. The molecule has 1 saturated heterocycles. The normalized spacial score (nSPS) is 17.8. The van der Waals surface area contributed by atoms with Gasteiger partial charge in [-0.1, -0.05) is 0 Å². The summed E-state index contributed by atoms with van der Waals surface area (Å²) in [6.07, 6.45) is -4.13. The summed E-state index contributed by atoms with van der Waals surface area (Å²) in [5, 5.41) is 7.24. The Kier molecular flexibility index (Phi) is 6.45. The van der Waals surface area contributed by atoms with E-state index in [0.29, 0.717) is 9.75 Å². The predicted molar refractivity (Wildman–Crippen MR) is 122 cm³/mol. The fourth-order valence-corrected chi connectivity index (χ4v) is 5.00. The largest absolute Gasteiger partial charge is 0.416 e. The van der Waals surface area contributed by atoms with E-state index in [-0.39, 0.29) is 49.1 Å². The van der Waals surface area contributed by atoms with E-state index in [1.165, 1.54) is 27.2 Å². The molecule has 3 heterocycles. The summed E-state index contributed by atoms with van der Waals surface area (Å²) in [4.78, 5) is 52.6. The molecular weight excluding hydrogens is 487 g/mol. The quantitative estimate of drug-likeness (QED) is 0.537. The molecule has 0 radical (unpaired) electrons. The maximum atomic E-state index is 13.2. The number of nitrogens with zero attached hydrogens (tertiary/aromatic N) is 2. The van der Waals surface area contributed by atoms with Crippen LogP contribution in [-0.2, 0) is 28.9 Å². The molecule has 1 atom stereocenters. The van der Waals surface area contributed by atoms with Crippen molar-refractivity contribution in [2.45, 2.75) is 38.1 Å². The van der Waals surface area contributed by atoms with E-state index in [1.54, 1.807) is 20.2 Å². The van der Waals surface area contributed by atoms with E-state index < -0.39 is 29.7 Å². The molecule has 35 heavy (non-hydrogen) atoms. The number of alkyl halides is 3. The molecule has 13 heteroatoms. The summed E-state index contributed by atoms with van der Waals surface area (Å²) in [7, 11) is 3.19. The number of hydrogen-bond acceptors (Lipinski definition) is 6. The number of rotatable bonds is 5. The minimum atomic E-state index is -4.56. The first-order chi connectivity index (χ1) is 16.4. The van der Waals surface area contributed by atoms with Gasteiger partial charge in [-0.05, 0) is 36.2 Å². The minimum Gasteiger partial charge on any atom is -0.378 e. The zero-order valence-electron chi connectivity index (χ0n) is 18.8. The van der Waals surface area contributed by atoms with Crippen molar-refractivity contribution in [3.63, 3.8) is 0 Å². The highest BCUT2D eigenvalue weighted by molar-refractivity contribution is 7.14. The highest BCUT2D eigenvalue weighted by atomic mass is 32.1. The van der Waals surface area contributed by atoms with Crippen LogP contribution in [0.15, 0.2) is 24.3 Å². The fourth-order valence-electron chi connectivity index (χ4n) is 3.94. The molecule has 1 fully saturated rings. The van der Waals surface area contributed by atoms with Crippen molar-refractivity contribution < 1.29 is 32.3 Å². The van der Waals surface area contributed by atoms with Gasteiger partial charge in [0, 0.05) is 43.3 Å².